The normalized spacial score (nSPS) is 12.2. The lowest BCUT2D eigenvalue weighted by Crippen LogP contribution is -2.24. The van der Waals surface area contributed by atoms with Gasteiger partial charge < -0.3 is 19.5 Å². The van der Waals surface area contributed by atoms with E-state index in [1.54, 1.807) is 43.5 Å². The molecule has 0 fully saturated rings. The van der Waals surface area contributed by atoms with Crippen molar-refractivity contribution in [1.29, 1.82) is 0 Å². The molecule has 178 valence electrons. The molecule has 0 spiro atoms. The summed E-state index contributed by atoms with van der Waals surface area (Å²) in [6.45, 7) is 0. The van der Waals surface area contributed by atoms with Crippen molar-refractivity contribution in [2.75, 3.05) is 38.2 Å². The zero-order chi connectivity index (χ0) is 24.2. The third-order valence-corrected chi connectivity index (χ3v) is 7.34. The molecule has 2 heterocycles. The highest BCUT2D eigenvalue weighted by molar-refractivity contribution is 8.00. The molecule has 0 radical (unpaired) electrons. The number of carbonyl (C=O) groups excluding carboxylic acids is 1. The molecule has 0 atom stereocenters. The molecule has 11 heteroatoms. The number of rotatable bonds is 8. The Balaban J connectivity index is 1.65. The van der Waals surface area contributed by atoms with Gasteiger partial charge in [0.25, 0.3) is 5.56 Å². The number of aryl methyl sites for hydroxylation is 1. The van der Waals surface area contributed by atoms with Gasteiger partial charge >= 0.3 is 0 Å². The van der Waals surface area contributed by atoms with E-state index in [0.717, 1.165) is 11.4 Å². The summed E-state index contributed by atoms with van der Waals surface area (Å²) in [6, 6.07) is 10.2. The van der Waals surface area contributed by atoms with Gasteiger partial charge in [-0.2, -0.15) is 0 Å². The average Bonchev–Trinajstić information content (AvgIpc) is 3.31. The molecule has 0 aliphatic carbocycles. The predicted molar refractivity (Wildman–Crippen MR) is 135 cm³/mol. The fourth-order valence-electron chi connectivity index (χ4n) is 3.48. The second-order valence-corrected chi connectivity index (χ2v) is 9.61. The zero-order valence-corrected chi connectivity index (χ0v) is 21.1. The number of hydrogen-bond donors (Lipinski definition) is 1. The summed E-state index contributed by atoms with van der Waals surface area (Å²) in [6.07, 6.45) is 0.710. The lowest BCUT2D eigenvalue weighted by Gasteiger charge is -2.16. The van der Waals surface area contributed by atoms with Crippen LogP contribution < -0.4 is 25.1 Å². The van der Waals surface area contributed by atoms with Crippen molar-refractivity contribution in [3.05, 3.63) is 57.5 Å². The minimum atomic E-state index is -0.284. The van der Waals surface area contributed by atoms with E-state index in [9.17, 15) is 9.59 Å². The summed E-state index contributed by atoms with van der Waals surface area (Å²) >= 11 is 8.73. The van der Waals surface area contributed by atoms with Crippen molar-refractivity contribution in [1.82, 2.24) is 9.55 Å². The number of nitrogens with zero attached hydrogens (tertiary/aromatic N) is 2. The third kappa shape index (κ3) is 4.98. The van der Waals surface area contributed by atoms with Gasteiger partial charge in [-0.25, -0.2) is 4.98 Å². The van der Waals surface area contributed by atoms with Crippen LogP contribution in [0.4, 0.5) is 5.69 Å². The number of fused-ring (bicyclic) bond motifs is 1. The van der Waals surface area contributed by atoms with Gasteiger partial charge in [0.15, 0.2) is 16.7 Å². The first-order chi connectivity index (χ1) is 16.4. The van der Waals surface area contributed by atoms with Gasteiger partial charge in [-0.15, -0.1) is 11.8 Å². The molecule has 1 aliphatic rings. The highest BCUT2D eigenvalue weighted by atomic mass is 35.5. The molecule has 2 aromatic carbocycles. The van der Waals surface area contributed by atoms with Crippen LogP contribution in [0.3, 0.4) is 0 Å². The lowest BCUT2D eigenvalue weighted by molar-refractivity contribution is -0.113. The number of ether oxygens (including phenoxy) is 3. The van der Waals surface area contributed by atoms with E-state index in [2.05, 4.69) is 5.32 Å². The van der Waals surface area contributed by atoms with Crippen LogP contribution in [0, 0.1) is 0 Å². The van der Waals surface area contributed by atoms with E-state index in [-0.39, 0.29) is 17.2 Å². The highest BCUT2D eigenvalue weighted by Crippen LogP contribution is 2.33. The summed E-state index contributed by atoms with van der Waals surface area (Å²) in [5, 5.41) is 3.71. The summed E-state index contributed by atoms with van der Waals surface area (Å²) in [5.41, 5.74) is 1.63. The van der Waals surface area contributed by atoms with Crippen molar-refractivity contribution in [3.8, 4) is 22.9 Å². The zero-order valence-electron chi connectivity index (χ0n) is 18.7. The molecule has 0 saturated carbocycles. The third-order valence-electron chi connectivity index (χ3n) is 5.06. The Morgan fingerprint density at radius 1 is 1.12 bits per heavy atom. The van der Waals surface area contributed by atoms with Crippen molar-refractivity contribution >= 4 is 46.7 Å². The number of carbonyl (C=O) groups is 1. The van der Waals surface area contributed by atoms with Gasteiger partial charge in [0.05, 0.1) is 49.0 Å². The number of hydrogen-bond acceptors (Lipinski definition) is 8. The second-order valence-electron chi connectivity index (χ2n) is 7.13. The first kappa shape index (κ1) is 24.3. The van der Waals surface area contributed by atoms with E-state index in [0.29, 0.717) is 50.1 Å². The predicted octanol–water partition coefficient (Wildman–Crippen LogP) is 4.29. The second kappa shape index (κ2) is 10.6. The van der Waals surface area contributed by atoms with Crippen LogP contribution in [0.1, 0.15) is 5.69 Å². The van der Waals surface area contributed by atoms with Gasteiger partial charge in [0.2, 0.25) is 5.91 Å². The largest absolute Gasteiger partial charge is 0.495 e. The molecule has 0 unspecified atom stereocenters. The van der Waals surface area contributed by atoms with Crippen LogP contribution >= 0.6 is 35.1 Å². The molecule has 34 heavy (non-hydrogen) atoms. The van der Waals surface area contributed by atoms with Crippen molar-refractivity contribution in [2.24, 2.45) is 0 Å². The minimum Gasteiger partial charge on any atom is -0.495 e. The molecule has 4 rings (SSSR count). The van der Waals surface area contributed by atoms with Gasteiger partial charge in [0.1, 0.15) is 5.75 Å². The van der Waals surface area contributed by atoms with Gasteiger partial charge in [-0.05, 0) is 30.3 Å². The summed E-state index contributed by atoms with van der Waals surface area (Å²) in [4.78, 5) is 31.5. The number of thioether (sulfide) groups is 2. The number of amides is 1. The van der Waals surface area contributed by atoms with E-state index in [1.165, 1.54) is 42.3 Å². The smallest absolute Gasteiger partial charge is 0.272 e. The van der Waals surface area contributed by atoms with Crippen molar-refractivity contribution in [3.63, 3.8) is 0 Å². The topological polar surface area (TPSA) is 91.7 Å². The Morgan fingerprint density at radius 3 is 2.59 bits per heavy atom. The van der Waals surface area contributed by atoms with Gasteiger partial charge in [-0.1, -0.05) is 23.4 Å². The first-order valence-corrected chi connectivity index (χ1v) is 12.6. The number of methoxy groups -OCH3 is 3. The minimum absolute atomic E-state index is 0.0291. The van der Waals surface area contributed by atoms with Crippen molar-refractivity contribution in [2.45, 2.75) is 16.5 Å². The molecule has 1 aromatic heterocycles. The molecular formula is C23H22ClN3O5S2. The standard InChI is InChI=1S/C23H22ClN3O5S2/c1-30-17-6-4-13(24)10-16(17)25-20(28)12-34-23-26-15-8-9-33-21(15)22(29)27(23)14-5-7-18(31-2)19(11-14)32-3/h4-7,10-11H,8-9,12H2,1-3H3,(H,25,28). The Labute approximate surface area is 210 Å². The van der Waals surface area contributed by atoms with Crippen LogP contribution in [0.2, 0.25) is 5.02 Å². The van der Waals surface area contributed by atoms with Crippen LogP contribution in [-0.4, -0.2) is 48.3 Å². The average molecular weight is 520 g/mol. The fraction of sp³-hybridized carbons (Fsp3) is 0.261. The van der Waals surface area contributed by atoms with Gasteiger partial charge in [0, 0.05) is 23.3 Å². The first-order valence-electron chi connectivity index (χ1n) is 10.2. The van der Waals surface area contributed by atoms with Crippen LogP contribution in [0.15, 0.2) is 51.2 Å². The number of anilines is 1. The lowest BCUT2D eigenvalue weighted by atomic mass is 10.2. The van der Waals surface area contributed by atoms with E-state index >= 15 is 0 Å². The molecular weight excluding hydrogens is 498 g/mol. The molecule has 1 N–H and O–H groups in total. The summed E-state index contributed by atoms with van der Waals surface area (Å²) < 4.78 is 17.5. The molecule has 3 aromatic rings. The van der Waals surface area contributed by atoms with Gasteiger partial charge in [-0.3, -0.25) is 14.2 Å². The van der Waals surface area contributed by atoms with Crippen LogP contribution in [-0.2, 0) is 11.2 Å². The number of aromatic nitrogens is 2. The maximum absolute atomic E-state index is 13.4. The Bertz CT molecular complexity index is 1300. The van der Waals surface area contributed by atoms with E-state index < -0.39 is 0 Å². The molecule has 0 bridgehead atoms. The van der Waals surface area contributed by atoms with Crippen LogP contribution in [0.5, 0.6) is 17.2 Å². The quantitative estimate of drug-likeness (QED) is 0.348. The molecule has 0 saturated heterocycles. The fourth-order valence-corrected chi connectivity index (χ4v) is 5.50. The van der Waals surface area contributed by atoms with E-state index in [4.69, 9.17) is 30.8 Å². The SMILES string of the molecule is COc1ccc(Cl)cc1NC(=O)CSc1nc2c(c(=O)n1-c1ccc(OC)c(OC)c1)SCC2. The van der Waals surface area contributed by atoms with Crippen LogP contribution in [0.25, 0.3) is 5.69 Å². The Hall–Kier alpha value is -2.82. The monoisotopic (exact) mass is 519 g/mol. The summed E-state index contributed by atoms with van der Waals surface area (Å²) in [5.74, 6) is 2.08. The number of nitrogens with one attached hydrogen (secondary N) is 1. The van der Waals surface area contributed by atoms with Crippen molar-refractivity contribution < 1.29 is 19.0 Å². The molecule has 1 aliphatic heterocycles. The maximum Gasteiger partial charge on any atom is 0.272 e. The van der Waals surface area contributed by atoms with E-state index in [1.807, 2.05) is 0 Å². The Morgan fingerprint density at radius 2 is 1.85 bits per heavy atom. The number of benzene rings is 2. The maximum atomic E-state index is 13.4. The molecule has 8 nitrogen and oxygen atoms in total. The highest BCUT2D eigenvalue weighted by Gasteiger charge is 2.24. The Kier molecular flexibility index (Phi) is 7.60. The molecule has 1 amide bonds. The number of halogens is 1. The summed E-state index contributed by atoms with van der Waals surface area (Å²) in [7, 11) is 4.60.